The molecule has 0 atom stereocenters. The summed E-state index contributed by atoms with van der Waals surface area (Å²) in [6.45, 7) is 3.05. The predicted molar refractivity (Wildman–Crippen MR) is 109 cm³/mol. The second kappa shape index (κ2) is 6.37. The lowest BCUT2D eigenvalue weighted by molar-refractivity contribution is -0.127. The minimum Gasteiger partial charge on any atom is -0.360 e. The molecule has 0 aliphatic carbocycles. The van der Waals surface area contributed by atoms with Crippen LogP contribution in [0.25, 0.3) is 10.9 Å². The molecule has 1 saturated heterocycles. The van der Waals surface area contributed by atoms with Crippen LogP contribution in [0, 0.1) is 5.82 Å². The van der Waals surface area contributed by atoms with Crippen molar-refractivity contribution in [2.45, 2.75) is 25.2 Å². The van der Waals surface area contributed by atoms with E-state index in [-0.39, 0.29) is 16.8 Å². The maximum atomic E-state index is 13.4. The van der Waals surface area contributed by atoms with Gasteiger partial charge in [-0.3, -0.25) is 14.6 Å². The second-order valence-electron chi connectivity index (χ2n) is 7.81. The van der Waals surface area contributed by atoms with Crippen LogP contribution in [0.15, 0.2) is 53.7 Å². The number of aliphatic imine (C=N–C) groups is 1. The van der Waals surface area contributed by atoms with Gasteiger partial charge in [0.1, 0.15) is 5.82 Å². The number of carbonyl (C=O) groups excluding carboxylic acids is 2. The Morgan fingerprint density at radius 3 is 2.69 bits per heavy atom. The number of hydrogen-bond donors (Lipinski definition) is 1. The Balaban J connectivity index is 1.36. The largest absolute Gasteiger partial charge is 0.360 e. The first kappa shape index (κ1) is 17.8. The van der Waals surface area contributed by atoms with Gasteiger partial charge in [0.05, 0.1) is 11.3 Å². The number of Topliss-reactive ketones (excluding diaryl/α,β-unsaturated/α-hetero) is 1. The number of fused-ring (bicyclic) bond motifs is 3. The van der Waals surface area contributed by atoms with Gasteiger partial charge in [-0.25, -0.2) is 4.39 Å². The lowest BCUT2D eigenvalue weighted by Gasteiger charge is -2.40. The average Bonchev–Trinajstić information content (AvgIpc) is 3.27. The van der Waals surface area contributed by atoms with E-state index in [1.54, 1.807) is 4.90 Å². The molecule has 2 aliphatic heterocycles. The third-order valence-electron chi connectivity index (χ3n) is 6.39. The van der Waals surface area contributed by atoms with Crippen LogP contribution in [-0.2, 0) is 10.2 Å². The van der Waals surface area contributed by atoms with Crippen molar-refractivity contribution in [2.24, 2.45) is 4.99 Å². The minimum atomic E-state index is -0.559. The molecule has 0 unspecified atom stereocenters. The summed E-state index contributed by atoms with van der Waals surface area (Å²) >= 11 is 0. The first-order valence-electron chi connectivity index (χ1n) is 9.75. The third-order valence-corrected chi connectivity index (χ3v) is 6.39. The lowest BCUT2D eigenvalue weighted by Crippen LogP contribution is -2.49. The van der Waals surface area contributed by atoms with Crippen LogP contribution in [0.3, 0.4) is 0 Å². The highest BCUT2D eigenvalue weighted by molar-refractivity contribution is 6.44. The molecule has 1 aromatic heterocycles. The number of hydrogen-bond acceptors (Lipinski definition) is 3. The number of aromatic amines is 1. The monoisotopic (exact) mass is 389 g/mol. The summed E-state index contributed by atoms with van der Waals surface area (Å²) in [6, 6.07) is 12.3. The summed E-state index contributed by atoms with van der Waals surface area (Å²) in [5.74, 6) is -1.46. The molecule has 3 aromatic rings. The predicted octanol–water partition coefficient (Wildman–Crippen LogP) is 4.16. The molecule has 1 amide bonds. The number of likely N-dealkylation sites (tertiary alicyclic amines) is 1. The van der Waals surface area contributed by atoms with Crippen LogP contribution in [0.2, 0.25) is 0 Å². The Bertz CT molecular complexity index is 1190. The zero-order chi connectivity index (χ0) is 20.2. The van der Waals surface area contributed by atoms with Gasteiger partial charge in [0.25, 0.3) is 11.7 Å². The van der Waals surface area contributed by atoms with Crippen molar-refractivity contribution in [1.82, 2.24) is 9.88 Å². The van der Waals surface area contributed by atoms with Crippen LogP contribution in [0.5, 0.6) is 0 Å². The van der Waals surface area contributed by atoms with Crippen LogP contribution in [-0.4, -0.2) is 40.4 Å². The number of amides is 1. The van der Waals surface area contributed by atoms with Gasteiger partial charge >= 0.3 is 0 Å². The number of nitrogens with zero attached hydrogens (tertiary/aromatic N) is 2. The van der Waals surface area contributed by atoms with E-state index >= 15 is 0 Å². The summed E-state index contributed by atoms with van der Waals surface area (Å²) in [5, 5.41) is 0.561. The highest BCUT2D eigenvalue weighted by Gasteiger charge is 2.44. The average molecular weight is 389 g/mol. The van der Waals surface area contributed by atoms with Crippen molar-refractivity contribution in [2.75, 3.05) is 13.1 Å². The zero-order valence-electron chi connectivity index (χ0n) is 16.0. The minimum absolute atomic E-state index is 0.144. The Hall–Kier alpha value is -3.28. The Morgan fingerprint density at radius 2 is 1.90 bits per heavy atom. The van der Waals surface area contributed by atoms with E-state index in [9.17, 15) is 14.0 Å². The highest BCUT2D eigenvalue weighted by Crippen LogP contribution is 2.46. The third kappa shape index (κ3) is 2.63. The van der Waals surface area contributed by atoms with Gasteiger partial charge in [-0.15, -0.1) is 0 Å². The number of rotatable bonds is 2. The molecule has 5 rings (SSSR count). The number of carbonyl (C=O) groups is 2. The summed E-state index contributed by atoms with van der Waals surface area (Å²) in [6.07, 6.45) is 2.98. The van der Waals surface area contributed by atoms with E-state index in [1.165, 1.54) is 30.0 Å². The summed E-state index contributed by atoms with van der Waals surface area (Å²) in [7, 11) is 0. The van der Waals surface area contributed by atoms with Crippen LogP contribution in [0.1, 0.15) is 35.7 Å². The fourth-order valence-electron chi connectivity index (χ4n) is 4.73. The van der Waals surface area contributed by atoms with Crippen molar-refractivity contribution in [1.29, 1.82) is 0 Å². The summed E-state index contributed by atoms with van der Waals surface area (Å²) in [5.41, 5.74) is 3.95. The maximum absolute atomic E-state index is 13.4. The first-order valence-corrected chi connectivity index (χ1v) is 9.75. The van der Waals surface area contributed by atoms with Crippen LogP contribution >= 0.6 is 0 Å². The molecular weight excluding hydrogens is 369 g/mol. The maximum Gasteiger partial charge on any atom is 0.295 e. The number of para-hydroxylation sites is 1. The number of halogens is 1. The van der Waals surface area contributed by atoms with Gasteiger partial charge in [-0.05, 0) is 49.6 Å². The van der Waals surface area contributed by atoms with E-state index < -0.39 is 11.7 Å². The standard InChI is InChI=1S/C23H20FN3O2/c1-14-23(18-4-2-3-5-19(18)26-14)8-10-27(11-9-23)22(29)21(28)17-13-25-20-12-15(24)6-7-16(17)20/h2-7,12-13,25H,8-11H2,1H3. The molecule has 6 heteroatoms. The van der Waals surface area contributed by atoms with Gasteiger partial charge in [0, 0.05) is 41.3 Å². The molecule has 1 fully saturated rings. The molecule has 146 valence electrons. The SMILES string of the molecule is CC1=Nc2ccccc2C12CCN(C(=O)C(=O)c1c[nH]c3cc(F)ccc13)CC2. The molecule has 1 spiro atoms. The van der Waals surface area contributed by atoms with Crippen molar-refractivity contribution >= 4 is 34.0 Å². The highest BCUT2D eigenvalue weighted by atomic mass is 19.1. The van der Waals surface area contributed by atoms with E-state index in [0.29, 0.717) is 24.0 Å². The number of benzene rings is 2. The van der Waals surface area contributed by atoms with E-state index in [2.05, 4.69) is 11.1 Å². The van der Waals surface area contributed by atoms with Crippen LogP contribution in [0.4, 0.5) is 10.1 Å². The molecule has 2 aliphatic rings. The number of ketones is 1. The van der Waals surface area contributed by atoms with Crippen LogP contribution < -0.4 is 0 Å². The Kier molecular flexibility index (Phi) is 3.91. The Morgan fingerprint density at radius 1 is 1.14 bits per heavy atom. The summed E-state index contributed by atoms with van der Waals surface area (Å²) < 4.78 is 13.4. The lowest BCUT2D eigenvalue weighted by atomic mass is 9.71. The van der Waals surface area contributed by atoms with Gasteiger partial charge < -0.3 is 9.88 Å². The smallest absolute Gasteiger partial charge is 0.295 e. The van der Waals surface area contributed by atoms with E-state index in [0.717, 1.165) is 24.2 Å². The zero-order valence-corrected chi connectivity index (χ0v) is 16.0. The second-order valence-corrected chi connectivity index (χ2v) is 7.81. The van der Waals surface area contributed by atoms with Crippen molar-refractivity contribution in [3.63, 3.8) is 0 Å². The van der Waals surface area contributed by atoms with Gasteiger partial charge in [-0.1, -0.05) is 18.2 Å². The van der Waals surface area contributed by atoms with Gasteiger partial charge in [0.15, 0.2) is 0 Å². The molecule has 1 N–H and O–H groups in total. The quantitative estimate of drug-likeness (QED) is 0.528. The molecule has 3 heterocycles. The first-order chi connectivity index (χ1) is 14.0. The molecule has 2 aromatic carbocycles. The topological polar surface area (TPSA) is 65.5 Å². The normalized spacial score (nSPS) is 17.4. The molecule has 0 saturated carbocycles. The molecule has 5 nitrogen and oxygen atoms in total. The summed E-state index contributed by atoms with van der Waals surface area (Å²) in [4.78, 5) is 35.0. The van der Waals surface area contributed by atoms with E-state index in [4.69, 9.17) is 4.99 Å². The number of H-pyrrole nitrogens is 1. The van der Waals surface area contributed by atoms with E-state index in [1.807, 2.05) is 25.1 Å². The molecular formula is C23H20FN3O2. The molecule has 0 bridgehead atoms. The van der Waals surface area contributed by atoms with Crippen molar-refractivity contribution < 1.29 is 14.0 Å². The molecule has 29 heavy (non-hydrogen) atoms. The van der Waals surface area contributed by atoms with Gasteiger partial charge in [0.2, 0.25) is 0 Å². The Labute approximate surface area is 167 Å². The number of nitrogens with one attached hydrogen (secondary N) is 1. The number of aromatic nitrogens is 1. The fraction of sp³-hybridized carbons (Fsp3) is 0.261. The van der Waals surface area contributed by atoms with Crippen molar-refractivity contribution in [3.05, 3.63) is 65.6 Å². The fourth-order valence-corrected chi connectivity index (χ4v) is 4.73. The van der Waals surface area contributed by atoms with Gasteiger partial charge in [-0.2, -0.15) is 0 Å². The number of piperidine rings is 1. The van der Waals surface area contributed by atoms with Crippen molar-refractivity contribution in [3.8, 4) is 0 Å². The molecule has 0 radical (unpaired) electrons.